The van der Waals surface area contributed by atoms with Crippen LogP contribution in [0.1, 0.15) is 52.9 Å². The van der Waals surface area contributed by atoms with Crippen molar-refractivity contribution in [3.63, 3.8) is 0 Å². The second-order valence-electron chi connectivity index (χ2n) is 5.86. The molecule has 3 heteroatoms. The fraction of sp³-hybridized carbons (Fsp3) is 0.933. The summed E-state index contributed by atoms with van der Waals surface area (Å²) in [6.07, 6.45) is 5.96. The van der Waals surface area contributed by atoms with Crippen molar-refractivity contribution in [1.82, 2.24) is 10.6 Å². The van der Waals surface area contributed by atoms with Crippen LogP contribution in [-0.2, 0) is 4.79 Å². The third-order valence-corrected chi connectivity index (χ3v) is 4.05. The van der Waals surface area contributed by atoms with Crippen LogP contribution in [0.25, 0.3) is 0 Å². The minimum Gasteiger partial charge on any atom is -0.356 e. The summed E-state index contributed by atoms with van der Waals surface area (Å²) in [5.74, 6) is 1.71. The number of hydrogen-bond acceptors (Lipinski definition) is 2. The summed E-state index contributed by atoms with van der Waals surface area (Å²) in [5, 5.41) is 6.49. The van der Waals surface area contributed by atoms with E-state index in [0.29, 0.717) is 11.8 Å². The van der Waals surface area contributed by atoms with Crippen LogP contribution >= 0.6 is 0 Å². The number of hydrogen-bond donors (Lipinski definition) is 2. The Labute approximate surface area is 112 Å². The van der Waals surface area contributed by atoms with E-state index in [9.17, 15) is 4.79 Å². The quantitative estimate of drug-likeness (QED) is 0.733. The zero-order chi connectivity index (χ0) is 13.4. The molecule has 1 rings (SSSR count). The molecular weight excluding hydrogens is 224 g/mol. The fourth-order valence-electron chi connectivity index (χ4n) is 2.69. The maximum Gasteiger partial charge on any atom is 0.224 e. The Morgan fingerprint density at radius 1 is 1.39 bits per heavy atom. The van der Waals surface area contributed by atoms with Gasteiger partial charge in [0.05, 0.1) is 5.92 Å². The van der Waals surface area contributed by atoms with Gasteiger partial charge in [0, 0.05) is 13.1 Å². The van der Waals surface area contributed by atoms with Crippen molar-refractivity contribution in [3.8, 4) is 0 Å². The number of carbonyl (C=O) groups is 1. The predicted octanol–water partition coefficient (Wildman–Crippen LogP) is 2.56. The van der Waals surface area contributed by atoms with Crippen molar-refractivity contribution < 1.29 is 4.79 Å². The highest BCUT2D eigenvalue weighted by Crippen LogP contribution is 2.16. The smallest absolute Gasteiger partial charge is 0.224 e. The van der Waals surface area contributed by atoms with Gasteiger partial charge < -0.3 is 10.6 Å². The fourth-order valence-corrected chi connectivity index (χ4v) is 2.69. The normalized spacial score (nSPS) is 25.7. The van der Waals surface area contributed by atoms with Gasteiger partial charge >= 0.3 is 0 Å². The molecule has 0 aromatic rings. The molecule has 0 spiro atoms. The van der Waals surface area contributed by atoms with Gasteiger partial charge in [-0.25, -0.2) is 0 Å². The maximum absolute atomic E-state index is 12.1. The Morgan fingerprint density at radius 2 is 2.17 bits per heavy atom. The van der Waals surface area contributed by atoms with E-state index >= 15 is 0 Å². The van der Waals surface area contributed by atoms with Gasteiger partial charge in [0.2, 0.25) is 5.91 Å². The van der Waals surface area contributed by atoms with E-state index in [1.165, 1.54) is 25.7 Å². The van der Waals surface area contributed by atoms with Crippen molar-refractivity contribution in [3.05, 3.63) is 0 Å². The summed E-state index contributed by atoms with van der Waals surface area (Å²) < 4.78 is 0. The molecule has 106 valence electrons. The molecule has 1 fully saturated rings. The first-order valence-corrected chi connectivity index (χ1v) is 7.65. The first-order valence-electron chi connectivity index (χ1n) is 7.65. The molecule has 0 bridgehead atoms. The molecule has 0 aliphatic carbocycles. The van der Waals surface area contributed by atoms with Crippen LogP contribution in [0.3, 0.4) is 0 Å². The zero-order valence-corrected chi connectivity index (χ0v) is 12.3. The Bertz CT molecular complexity index is 243. The minimum atomic E-state index is 0.178. The number of unbranched alkanes of at least 4 members (excludes halogenated alkanes) is 1. The van der Waals surface area contributed by atoms with Gasteiger partial charge in [0.1, 0.15) is 0 Å². The molecule has 0 saturated carbocycles. The molecule has 0 radical (unpaired) electrons. The number of carbonyl (C=O) groups excluding carboxylic acids is 1. The topological polar surface area (TPSA) is 41.1 Å². The second-order valence-corrected chi connectivity index (χ2v) is 5.86. The van der Waals surface area contributed by atoms with Crippen molar-refractivity contribution in [1.29, 1.82) is 0 Å². The molecule has 0 aromatic heterocycles. The van der Waals surface area contributed by atoms with E-state index in [4.69, 9.17) is 0 Å². The molecule has 1 amide bonds. The summed E-state index contributed by atoms with van der Waals surface area (Å²) in [6, 6.07) is 0. The second kappa shape index (κ2) is 8.52. The molecule has 2 N–H and O–H groups in total. The average Bonchev–Trinajstić information content (AvgIpc) is 2.38. The predicted molar refractivity (Wildman–Crippen MR) is 76.5 cm³/mol. The Hall–Kier alpha value is -0.570. The summed E-state index contributed by atoms with van der Waals surface area (Å²) in [5.41, 5.74) is 0. The highest BCUT2D eigenvalue weighted by atomic mass is 16.1. The van der Waals surface area contributed by atoms with Gasteiger partial charge in [-0.05, 0) is 31.2 Å². The lowest BCUT2D eigenvalue weighted by Gasteiger charge is -2.27. The lowest BCUT2D eigenvalue weighted by Crippen LogP contribution is -2.44. The minimum absolute atomic E-state index is 0.178. The van der Waals surface area contributed by atoms with Crippen LogP contribution in [0.5, 0.6) is 0 Å². The third-order valence-electron chi connectivity index (χ3n) is 4.05. The van der Waals surface area contributed by atoms with E-state index in [-0.39, 0.29) is 11.8 Å². The number of amides is 1. The highest BCUT2D eigenvalue weighted by molar-refractivity contribution is 5.79. The summed E-state index contributed by atoms with van der Waals surface area (Å²) in [7, 11) is 0. The SMILES string of the molecule is CCCCC(CC)CNC(=O)C1CNCC(C)C1. The van der Waals surface area contributed by atoms with Crippen LogP contribution in [-0.4, -0.2) is 25.5 Å². The molecule has 18 heavy (non-hydrogen) atoms. The van der Waals surface area contributed by atoms with Gasteiger partial charge in [0.15, 0.2) is 0 Å². The number of nitrogens with one attached hydrogen (secondary N) is 2. The van der Waals surface area contributed by atoms with E-state index in [1.54, 1.807) is 0 Å². The van der Waals surface area contributed by atoms with E-state index in [2.05, 4.69) is 31.4 Å². The lowest BCUT2D eigenvalue weighted by atomic mass is 9.91. The lowest BCUT2D eigenvalue weighted by molar-refractivity contribution is -0.126. The van der Waals surface area contributed by atoms with Gasteiger partial charge in [-0.1, -0.05) is 40.0 Å². The first kappa shape index (κ1) is 15.5. The molecular formula is C15H30N2O. The molecule has 1 aliphatic heterocycles. The summed E-state index contributed by atoms with van der Waals surface area (Å²) >= 11 is 0. The third kappa shape index (κ3) is 5.38. The van der Waals surface area contributed by atoms with Gasteiger partial charge in [-0.2, -0.15) is 0 Å². The monoisotopic (exact) mass is 254 g/mol. The van der Waals surface area contributed by atoms with E-state index in [1.807, 2.05) is 0 Å². The number of piperidine rings is 1. The Kier molecular flexibility index (Phi) is 7.33. The average molecular weight is 254 g/mol. The molecule has 3 atom stereocenters. The van der Waals surface area contributed by atoms with E-state index in [0.717, 1.165) is 26.1 Å². The molecule has 0 aromatic carbocycles. The summed E-state index contributed by atoms with van der Waals surface area (Å²) in [6.45, 7) is 9.42. The standard InChI is InChI=1S/C15H30N2O/c1-4-6-7-13(5-2)10-17-15(18)14-8-12(3)9-16-11-14/h12-14,16H,4-11H2,1-3H3,(H,17,18). The van der Waals surface area contributed by atoms with Crippen molar-refractivity contribution in [2.24, 2.45) is 17.8 Å². The molecule has 3 nitrogen and oxygen atoms in total. The van der Waals surface area contributed by atoms with Crippen LogP contribution in [0.15, 0.2) is 0 Å². The summed E-state index contributed by atoms with van der Waals surface area (Å²) in [4.78, 5) is 12.1. The van der Waals surface area contributed by atoms with E-state index < -0.39 is 0 Å². The maximum atomic E-state index is 12.1. The van der Waals surface area contributed by atoms with Crippen LogP contribution in [0, 0.1) is 17.8 Å². The van der Waals surface area contributed by atoms with Crippen molar-refractivity contribution >= 4 is 5.91 Å². The van der Waals surface area contributed by atoms with Crippen LogP contribution < -0.4 is 10.6 Å². The molecule has 1 saturated heterocycles. The van der Waals surface area contributed by atoms with Gasteiger partial charge in [0.25, 0.3) is 0 Å². The largest absolute Gasteiger partial charge is 0.356 e. The van der Waals surface area contributed by atoms with Crippen molar-refractivity contribution in [2.45, 2.75) is 52.9 Å². The van der Waals surface area contributed by atoms with Crippen LogP contribution in [0.2, 0.25) is 0 Å². The zero-order valence-electron chi connectivity index (χ0n) is 12.3. The Morgan fingerprint density at radius 3 is 2.78 bits per heavy atom. The molecule has 1 heterocycles. The molecule has 1 aliphatic rings. The van der Waals surface area contributed by atoms with Gasteiger partial charge in [-0.15, -0.1) is 0 Å². The molecule has 3 unspecified atom stereocenters. The van der Waals surface area contributed by atoms with Crippen LogP contribution in [0.4, 0.5) is 0 Å². The van der Waals surface area contributed by atoms with Crippen molar-refractivity contribution in [2.75, 3.05) is 19.6 Å². The van der Waals surface area contributed by atoms with Gasteiger partial charge in [-0.3, -0.25) is 4.79 Å². The highest BCUT2D eigenvalue weighted by Gasteiger charge is 2.24. The number of rotatable bonds is 7. The Balaban J connectivity index is 2.26. The first-order chi connectivity index (χ1) is 8.67.